The highest BCUT2D eigenvalue weighted by Crippen LogP contribution is 2.30. The van der Waals surface area contributed by atoms with Crippen LogP contribution in [-0.4, -0.2) is 12.5 Å². The van der Waals surface area contributed by atoms with Gasteiger partial charge in [-0.15, -0.1) is 11.3 Å². The molecule has 98 valence electrons. The molecule has 1 aromatic carbocycles. The zero-order chi connectivity index (χ0) is 13.4. The molecule has 0 atom stereocenters. The van der Waals surface area contributed by atoms with Gasteiger partial charge < -0.3 is 10.1 Å². The van der Waals surface area contributed by atoms with Crippen LogP contribution in [0.2, 0.25) is 0 Å². The molecule has 1 aliphatic heterocycles. The topological polar surface area (TPSA) is 38.3 Å². The first-order valence-electron chi connectivity index (χ1n) is 5.96. The molecule has 0 spiro atoms. The van der Waals surface area contributed by atoms with E-state index in [1.54, 1.807) is 0 Å². The van der Waals surface area contributed by atoms with Crippen LogP contribution in [0.3, 0.4) is 0 Å². The molecular weight excluding hydrogens is 326 g/mol. The van der Waals surface area contributed by atoms with Crippen LogP contribution >= 0.6 is 27.3 Å². The van der Waals surface area contributed by atoms with E-state index in [1.165, 1.54) is 11.3 Å². The van der Waals surface area contributed by atoms with Crippen molar-refractivity contribution in [3.05, 3.63) is 44.1 Å². The molecule has 3 rings (SSSR count). The predicted molar refractivity (Wildman–Crippen MR) is 80.4 cm³/mol. The standard InChI is InChI=1S/C14H12BrNO2S/c1-8-6-12(19-13(8)15)14(17)16-10-2-3-11-9(7-10)4-5-18-11/h2-3,6-7H,4-5H2,1H3,(H,16,17). The van der Waals surface area contributed by atoms with Crippen LogP contribution in [0.1, 0.15) is 20.8 Å². The number of hydrogen-bond donors (Lipinski definition) is 1. The van der Waals surface area contributed by atoms with Gasteiger partial charge in [0, 0.05) is 12.1 Å². The van der Waals surface area contributed by atoms with Crippen LogP contribution in [0.5, 0.6) is 5.75 Å². The summed E-state index contributed by atoms with van der Waals surface area (Å²) in [6, 6.07) is 7.65. The van der Waals surface area contributed by atoms with Crippen molar-refractivity contribution in [3.63, 3.8) is 0 Å². The molecule has 0 saturated heterocycles. The molecule has 0 bridgehead atoms. The summed E-state index contributed by atoms with van der Waals surface area (Å²) in [5.41, 5.74) is 3.05. The Bertz CT molecular complexity index is 631. The lowest BCUT2D eigenvalue weighted by molar-refractivity contribution is 0.103. The van der Waals surface area contributed by atoms with Crippen molar-refractivity contribution in [1.29, 1.82) is 0 Å². The number of hydrogen-bond acceptors (Lipinski definition) is 3. The number of fused-ring (bicyclic) bond motifs is 1. The molecule has 1 N–H and O–H groups in total. The van der Waals surface area contributed by atoms with Gasteiger partial charge in [0.05, 0.1) is 15.3 Å². The van der Waals surface area contributed by atoms with Crippen LogP contribution in [0.15, 0.2) is 28.1 Å². The molecule has 5 heteroatoms. The average Bonchev–Trinajstić information content (AvgIpc) is 2.96. The van der Waals surface area contributed by atoms with Gasteiger partial charge in [0.25, 0.3) is 5.91 Å². The Balaban J connectivity index is 1.79. The Kier molecular flexibility index (Phi) is 3.33. The van der Waals surface area contributed by atoms with E-state index in [0.29, 0.717) is 4.88 Å². The zero-order valence-corrected chi connectivity index (χ0v) is 12.7. The lowest BCUT2D eigenvalue weighted by atomic mass is 10.1. The predicted octanol–water partition coefficient (Wildman–Crippen LogP) is 4.01. The minimum Gasteiger partial charge on any atom is -0.493 e. The quantitative estimate of drug-likeness (QED) is 0.899. The van der Waals surface area contributed by atoms with Crippen LogP contribution in [0, 0.1) is 6.92 Å². The summed E-state index contributed by atoms with van der Waals surface area (Å²) < 4.78 is 6.45. The molecule has 0 saturated carbocycles. The third-order valence-electron chi connectivity index (χ3n) is 3.03. The van der Waals surface area contributed by atoms with Crippen molar-refractivity contribution in [3.8, 4) is 5.75 Å². The SMILES string of the molecule is Cc1cc(C(=O)Nc2ccc3c(c2)CCO3)sc1Br. The van der Waals surface area contributed by atoms with E-state index in [9.17, 15) is 4.79 Å². The van der Waals surface area contributed by atoms with E-state index in [0.717, 1.165) is 39.4 Å². The Morgan fingerprint density at radius 3 is 3.00 bits per heavy atom. The molecule has 0 unspecified atom stereocenters. The van der Waals surface area contributed by atoms with Gasteiger partial charge in [0.1, 0.15) is 5.75 Å². The summed E-state index contributed by atoms with van der Waals surface area (Å²) >= 11 is 4.88. The first kappa shape index (κ1) is 12.7. The van der Waals surface area contributed by atoms with Crippen LogP contribution in [0.4, 0.5) is 5.69 Å². The first-order valence-corrected chi connectivity index (χ1v) is 7.57. The summed E-state index contributed by atoms with van der Waals surface area (Å²) in [6.07, 6.45) is 0.905. The number of halogens is 1. The molecule has 0 aliphatic carbocycles. The minimum absolute atomic E-state index is 0.0716. The molecule has 1 aromatic heterocycles. The summed E-state index contributed by atoms with van der Waals surface area (Å²) in [6.45, 7) is 2.70. The number of anilines is 1. The normalized spacial score (nSPS) is 12.9. The number of nitrogens with one attached hydrogen (secondary N) is 1. The van der Waals surface area contributed by atoms with E-state index >= 15 is 0 Å². The van der Waals surface area contributed by atoms with Crippen molar-refractivity contribution in [2.24, 2.45) is 0 Å². The first-order chi connectivity index (χ1) is 9.13. The number of benzene rings is 1. The highest BCUT2D eigenvalue weighted by atomic mass is 79.9. The van der Waals surface area contributed by atoms with Crippen LogP contribution in [-0.2, 0) is 6.42 Å². The van der Waals surface area contributed by atoms with Crippen LogP contribution in [0.25, 0.3) is 0 Å². The van der Waals surface area contributed by atoms with Gasteiger partial charge in [-0.2, -0.15) is 0 Å². The summed E-state index contributed by atoms with van der Waals surface area (Å²) in [4.78, 5) is 12.8. The molecule has 1 amide bonds. The minimum atomic E-state index is -0.0716. The molecule has 19 heavy (non-hydrogen) atoms. The number of carbonyl (C=O) groups is 1. The highest BCUT2D eigenvalue weighted by Gasteiger charge is 2.15. The number of aryl methyl sites for hydroxylation is 1. The average molecular weight is 338 g/mol. The summed E-state index contributed by atoms with van der Waals surface area (Å²) in [5.74, 6) is 0.852. The molecule has 0 radical (unpaired) electrons. The molecule has 0 fully saturated rings. The Labute approximate surface area is 123 Å². The second-order valence-electron chi connectivity index (χ2n) is 4.44. The highest BCUT2D eigenvalue weighted by molar-refractivity contribution is 9.11. The Hall–Kier alpha value is -1.33. The lowest BCUT2D eigenvalue weighted by Crippen LogP contribution is -2.10. The smallest absolute Gasteiger partial charge is 0.265 e. The number of amides is 1. The maximum absolute atomic E-state index is 12.1. The van der Waals surface area contributed by atoms with Crippen molar-refractivity contribution in [2.45, 2.75) is 13.3 Å². The number of rotatable bonds is 2. The second-order valence-corrected chi connectivity index (χ2v) is 6.81. The Morgan fingerprint density at radius 2 is 2.26 bits per heavy atom. The van der Waals surface area contributed by atoms with Gasteiger partial charge >= 0.3 is 0 Å². The fourth-order valence-corrected chi connectivity index (χ4v) is 3.46. The van der Waals surface area contributed by atoms with E-state index in [1.807, 2.05) is 31.2 Å². The Morgan fingerprint density at radius 1 is 1.42 bits per heavy atom. The second kappa shape index (κ2) is 4.98. The summed E-state index contributed by atoms with van der Waals surface area (Å²) in [7, 11) is 0. The van der Waals surface area contributed by atoms with Gasteiger partial charge in [0.2, 0.25) is 0 Å². The van der Waals surface area contributed by atoms with Gasteiger partial charge in [-0.25, -0.2) is 0 Å². The third kappa shape index (κ3) is 2.53. The monoisotopic (exact) mass is 337 g/mol. The van der Waals surface area contributed by atoms with Gasteiger partial charge in [-0.05, 0) is 58.2 Å². The van der Waals surface area contributed by atoms with E-state index < -0.39 is 0 Å². The van der Waals surface area contributed by atoms with Crippen molar-refractivity contribution in [1.82, 2.24) is 0 Å². The van der Waals surface area contributed by atoms with Crippen molar-refractivity contribution >= 4 is 38.9 Å². The number of carbonyl (C=O) groups excluding carboxylic acids is 1. The fourth-order valence-electron chi connectivity index (χ4n) is 2.03. The molecule has 1 aliphatic rings. The number of ether oxygens (including phenoxy) is 1. The molecule has 3 nitrogen and oxygen atoms in total. The van der Waals surface area contributed by atoms with Crippen molar-refractivity contribution in [2.75, 3.05) is 11.9 Å². The lowest BCUT2D eigenvalue weighted by Gasteiger charge is -2.05. The van der Waals surface area contributed by atoms with E-state index in [4.69, 9.17) is 4.74 Å². The van der Waals surface area contributed by atoms with Gasteiger partial charge in [0.15, 0.2) is 0 Å². The van der Waals surface area contributed by atoms with Crippen molar-refractivity contribution < 1.29 is 9.53 Å². The molecule has 2 aromatic rings. The van der Waals surface area contributed by atoms with Gasteiger partial charge in [-0.3, -0.25) is 4.79 Å². The van der Waals surface area contributed by atoms with E-state index in [-0.39, 0.29) is 5.91 Å². The largest absolute Gasteiger partial charge is 0.493 e. The maximum atomic E-state index is 12.1. The van der Waals surface area contributed by atoms with E-state index in [2.05, 4.69) is 21.2 Å². The third-order valence-corrected chi connectivity index (χ3v) is 5.16. The molecule has 2 heterocycles. The van der Waals surface area contributed by atoms with Crippen LogP contribution < -0.4 is 10.1 Å². The molecular formula is C14H12BrNO2S. The zero-order valence-electron chi connectivity index (χ0n) is 10.3. The summed E-state index contributed by atoms with van der Waals surface area (Å²) in [5, 5.41) is 2.92. The fraction of sp³-hybridized carbons (Fsp3) is 0.214. The maximum Gasteiger partial charge on any atom is 0.265 e. The van der Waals surface area contributed by atoms with Gasteiger partial charge in [-0.1, -0.05) is 0 Å². The number of thiophene rings is 1.